The number of alkyl halides is 1. The second kappa shape index (κ2) is 11.8. The van der Waals surface area contributed by atoms with E-state index in [1.54, 1.807) is 24.3 Å². The maximum atomic E-state index is 13.5. The average molecular weight is 488 g/mol. The minimum atomic E-state index is -0.892. The van der Waals surface area contributed by atoms with E-state index in [0.29, 0.717) is 0 Å². The molecule has 1 aromatic heterocycles. The Kier molecular flexibility index (Phi) is 8.08. The molecule has 184 valence electrons. The van der Waals surface area contributed by atoms with Gasteiger partial charge in [0.25, 0.3) is 5.56 Å². The van der Waals surface area contributed by atoms with Crippen molar-refractivity contribution in [2.75, 3.05) is 18.1 Å². The molecule has 0 aliphatic heterocycles. The molecule has 8 heteroatoms. The van der Waals surface area contributed by atoms with Crippen molar-refractivity contribution >= 4 is 11.8 Å². The van der Waals surface area contributed by atoms with Crippen LogP contribution in [0.3, 0.4) is 0 Å². The molecule has 0 unspecified atom stereocenters. The zero-order valence-electron chi connectivity index (χ0n) is 19.6. The minimum absolute atomic E-state index is 0.00364. The smallest absolute Gasteiger partial charge is 0.414 e. The van der Waals surface area contributed by atoms with Gasteiger partial charge in [-0.2, -0.15) is 0 Å². The maximum absolute atomic E-state index is 13.5. The van der Waals surface area contributed by atoms with Crippen LogP contribution in [0.5, 0.6) is 0 Å². The minimum Gasteiger partial charge on any atom is -0.444 e. The predicted molar refractivity (Wildman–Crippen MR) is 136 cm³/mol. The van der Waals surface area contributed by atoms with Crippen molar-refractivity contribution in [1.29, 1.82) is 0 Å². The molecular weight excluding hydrogens is 461 g/mol. The summed E-state index contributed by atoms with van der Waals surface area (Å²) in [5.74, 6) is 0. The molecule has 1 amide bonds. The lowest BCUT2D eigenvalue weighted by Crippen LogP contribution is -2.45. The van der Waals surface area contributed by atoms with E-state index in [1.807, 2.05) is 66.7 Å². The van der Waals surface area contributed by atoms with Gasteiger partial charge in [0, 0.05) is 6.20 Å². The van der Waals surface area contributed by atoms with E-state index in [4.69, 9.17) is 4.74 Å². The number of halogens is 1. The van der Waals surface area contributed by atoms with E-state index < -0.39 is 30.6 Å². The van der Waals surface area contributed by atoms with Crippen molar-refractivity contribution in [2.45, 2.75) is 19.7 Å². The number of anilines is 1. The number of hydrogen-bond donors (Lipinski definition) is 0. The van der Waals surface area contributed by atoms with Gasteiger partial charge in [0.05, 0.1) is 19.6 Å². The maximum Gasteiger partial charge on any atom is 0.414 e. The number of ether oxygens (including phenoxy) is 1. The summed E-state index contributed by atoms with van der Waals surface area (Å²) in [6.07, 6.45) is 0.434. The first-order valence-corrected chi connectivity index (χ1v) is 11.5. The molecule has 36 heavy (non-hydrogen) atoms. The summed E-state index contributed by atoms with van der Waals surface area (Å²) in [5.41, 5.74) is 0.967. The van der Waals surface area contributed by atoms with Crippen molar-refractivity contribution in [3.63, 3.8) is 0 Å². The van der Waals surface area contributed by atoms with Crippen LogP contribution in [0.25, 0.3) is 0 Å². The summed E-state index contributed by atoms with van der Waals surface area (Å²) in [6.45, 7) is -1.15. The number of hydrogen-bond acceptors (Lipinski definition) is 4. The van der Waals surface area contributed by atoms with Crippen molar-refractivity contribution in [3.05, 3.63) is 135 Å². The molecule has 0 aliphatic carbocycles. The third-order valence-corrected chi connectivity index (χ3v) is 5.62. The van der Waals surface area contributed by atoms with E-state index in [0.717, 1.165) is 26.2 Å². The molecule has 4 aromatic rings. The molecule has 7 nitrogen and oxygen atoms in total. The van der Waals surface area contributed by atoms with Gasteiger partial charge in [0.1, 0.15) is 19.0 Å². The number of carbonyl (C=O) groups is 1. The highest BCUT2D eigenvalue weighted by molar-refractivity contribution is 5.87. The third kappa shape index (κ3) is 5.96. The van der Waals surface area contributed by atoms with Crippen LogP contribution in [0.15, 0.2) is 107 Å². The van der Waals surface area contributed by atoms with E-state index in [-0.39, 0.29) is 25.4 Å². The van der Waals surface area contributed by atoms with E-state index in [1.165, 1.54) is 10.8 Å². The van der Waals surface area contributed by atoms with Gasteiger partial charge in [-0.15, -0.1) is 0 Å². The summed E-state index contributed by atoms with van der Waals surface area (Å²) in [4.78, 5) is 40.7. The molecular formula is C28H26FN3O4. The highest BCUT2D eigenvalue weighted by Gasteiger charge is 2.24. The van der Waals surface area contributed by atoms with Crippen molar-refractivity contribution in [2.24, 2.45) is 0 Å². The van der Waals surface area contributed by atoms with Crippen LogP contribution >= 0.6 is 0 Å². The Morgan fingerprint density at radius 3 is 1.86 bits per heavy atom. The predicted octanol–water partition coefficient (Wildman–Crippen LogP) is 4.22. The molecule has 3 aromatic carbocycles. The van der Waals surface area contributed by atoms with E-state index in [2.05, 4.69) is 0 Å². The summed E-state index contributed by atoms with van der Waals surface area (Å²) in [6, 6.07) is 27.3. The topological polar surface area (TPSA) is 73.5 Å². The lowest BCUT2D eigenvalue weighted by atomic mass is 10.2. The van der Waals surface area contributed by atoms with Crippen molar-refractivity contribution < 1.29 is 13.9 Å². The molecule has 0 aliphatic rings. The number of nitrogens with zero attached hydrogens (tertiary/aromatic N) is 3. The lowest BCUT2D eigenvalue weighted by molar-refractivity contribution is 0.146. The largest absolute Gasteiger partial charge is 0.444 e. The zero-order chi connectivity index (χ0) is 25.3. The fourth-order valence-electron chi connectivity index (χ4n) is 3.81. The second-order valence-corrected chi connectivity index (χ2v) is 8.17. The third-order valence-electron chi connectivity index (χ3n) is 5.62. The van der Waals surface area contributed by atoms with Crippen LogP contribution in [0, 0.1) is 0 Å². The molecule has 1 heterocycles. The van der Waals surface area contributed by atoms with Gasteiger partial charge < -0.3 is 4.74 Å². The van der Waals surface area contributed by atoms with Crippen LogP contribution in [0.1, 0.15) is 16.7 Å². The van der Waals surface area contributed by atoms with Crippen LogP contribution < -0.4 is 16.1 Å². The van der Waals surface area contributed by atoms with Gasteiger partial charge >= 0.3 is 11.8 Å². The van der Waals surface area contributed by atoms with Crippen LogP contribution in [-0.2, 0) is 24.4 Å². The molecule has 4 rings (SSSR count). The summed E-state index contributed by atoms with van der Waals surface area (Å²) >= 11 is 0. The molecule has 0 atom stereocenters. The Labute approximate surface area is 207 Å². The average Bonchev–Trinajstić information content (AvgIpc) is 2.92. The summed E-state index contributed by atoms with van der Waals surface area (Å²) in [7, 11) is 0. The number of carbonyl (C=O) groups excluding carboxylic acids is 1. The number of amides is 1. The van der Waals surface area contributed by atoms with Crippen LogP contribution in [-0.4, -0.2) is 28.4 Å². The first-order valence-electron chi connectivity index (χ1n) is 11.5. The Balaban J connectivity index is 1.74. The molecule has 0 saturated carbocycles. The van der Waals surface area contributed by atoms with Crippen molar-refractivity contribution in [3.8, 4) is 0 Å². The summed E-state index contributed by atoms with van der Waals surface area (Å²) < 4.78 is 21.3. The Bertz CT molecular complexity index is 1400. The SMILES string of the molecule is O=C(OCc1ccccc1)N(CCF)c1cn(Cc2ccccc2)c(=O)n(Cc2ccccc2)c1=O. The molecule has 0 fully saturated rings. The van der Waals surface area contributed by atoms with Crippen molar-refractivity contribution in [1.82, 2.24) is 9.13 Å². The zero-order valence-corrected chi connectivity index (χ0v) is 19.6. The molecule has 0 radical (unpaired) electrons. The van der Waals surface area contributed by atoms with Gasteiger partial charge in [0.2, 0.25) is 0 Å². The summed E-state index contributed by atoms with van der Waals surface area (Å²) in [5, 5.41) is 0. The Morgan fingerprint density at radius 2 is 1.31 bits per heavy atom. The van der Waals surface area contributed by atoms with Gasteiger partial charge in [-0.25, -0.2) is 14.0 Å². The van der Waals surface area contributed by atoms with Crippen LogP contribution in [0.2, 0.25) is 0 Å². The van der Waals surface area contributed by atoms with Crippen LogP contribution in [0.4, 0.5) is 14.9 Å². The highest BCUT2D eigenvalue weighted by atomic mass is 19.1. The molecule has 0 N–H and O–H groups in total. The number of aromatic nitrogens is 2. The lowest BCUT2D eigenvalue weighted by Gasteiger charge is -2.22. The standard InChI is InChI=1S/C28H26FN3O4/c29-16-17-31(28(35)36-21-24-14-8-3-9-15-24)25-20-30(18-22-10-4-1-5-11-22)27(34)32(26(25)33)19-23-12-6-2-7-13-23/h1-15,20H,16-19,21H2. The second-order valence-electron chi connectivity index (χ2n) is 8.17. The molecule has 0 bridgehead atoms. The quantitative estimate of drug-likeness (QED) is 0.354. The Morgan fingerprint density at radius 1 is 0.778 bits per heavy atom. The Hall–Kier alpha value is -4.46. The van der Waals surface area contributed by atoms with Gasteiger partial charge in [0.15, 0.2) is 0 Å². The normalized spacial score (nSPS) is 10.7. The number of benzene rings is 3. The van der Waals surface area contributed by atoms with E-state index >= 15 is 0 Å². The monoisotopic (exact) mass is 487 g/mol. The van der Waals surface area contributed by atoms with Gasteiger partial charge in [-0.05, 0) is 16.7 Å². The fourth-order valence-corrected chi connectivity index (χ4v) is 3.81. The number of rotatable bonds is 9. The molecule has 0 spiro atoms. The fraction of sp³-hybridized carbons (Fsp3) is 0.179. The van der Waals surface area contributed by atoms with E-state index in [9.17, 15) is 18.8 Å². The first-order chi connectivity index (χ1) is 17.6. The highest BCUT2D eigenvalue weighted by Crippen LogP contribution is 2.13. The van der Waals surface area contributed by atoms with Gasteiger partial charge in [-0.1, -0.05) is 91.0 Å². The first kappa shape index (κ1) is 24.7. The molecule has 0 saturated heterocycles. The van der Waals surface area contributed by atoms with Gasteiger partial charge in [-0.3, -0.25) is 18.8 Å².